The third-order valence-corrected chi connectivity index (χ3v) is 6.11. The molecule has 0 atom stereocenters. The van der Waals surface area contributed by atoms with E-state index in [-0.39, 0.29) is 5.91 Å². The quantitative estimate of drug-likeness (QED) is 0.314. The number of nitrogens with zero attached hydrogens (tertiary/aromatic N) is 1. The van der Waals surface area contributed by atoms with E-state index in [0.717, 1.165) is 36.4 Å². The SMILES string of the molecule is CCOC(=O)c1ccc2c(c1)NC(=O)/C2=C(\Nc1ccc(CN(CC)CC)cc1)c1ccccc1. The van der Waals surface area contributed by atoms with Crippen LogP contribution in [0.1, 0.15) is 47.8 Å². The van der Waals surface area contributed by atoms with Crippen LogP contribution in [-0.2, 0) is 16.1 Å². The van der Waals surface area contributed by atoms with E-state index in [1.807, 2.05) is 42.5 Å². The first-order chi connectivity index (χ1) is 17.0. The number of hydrogen-bond donors (Lipinski definition) is 2. The maximum absolute atomic E-state index is 13.2. The van der Waals surface area contributed by atoms with Crippen molar-refractivity contribution in [2.75, 3.05) is 30.3 Å². The topological polar surface area (TPSA) is 70.7 Å². The number of benzene rings is 3. The van der Waals surface area contributed by atoms with Crippen molar-refractivity contribution in [2.24, 2.45) is 0 Å². The van der Waals surface area contributed by atoms with Crippen molar-refractivity contribution in [3.05, 3.63) is 95.1 Å². The zero-order valence-corrected chi connectivity index (χ0v) is 20.4. The highest BCUT2D eigenvalue weighted by Gasteiger charge is 2.29. The van der Waals surface area contributed by atoms with Crippen LogP contribution in [-0.4, -0.2) is 36.5 Å². The molecule has 180 valence electrons. The lowest BCUT2D eigenvalue weighted by Gasteiger charge is -2.19. The zero-order chi connectivity index (χ0) is 24.8. The first-order valence-electron chi connectivity index (χ1n) is 12.0. The van der Waals surface area contributed by atoms with Gasteiger partial charge in [0.05, 0.1) is 29.1 Å². The van der Waals surface area contributed by atoms with Crippen LogP contribution in [0.15, 0.2) is 72.8 Å². The maximum Gasteiger partial charge on any atom is 0.338 e. The summed E-state index contributed by atoms with van der Waals surface area (Å²) in [5.74, 6) is -0.626. The highest BCUT2D eigenvalue weighted by Crippen LogP contribution is 2.38. The van der Waals surface area contributed by atoms with E-state index in [4.69, 9.17) is 4.74 Å². The molecule has 0 saturated carbocycles. The number of rotatable bonds is 9. The Kier molecular flexibility index (Phi) is 7.63. The molecule has 0 bridgehead atoms. The van der Waals surface area contributed by atoms with Crippen molar-refractivity contribution in [1.29, 1.82) is 0 Å². The molecule has 1 heterocycles. The van der Waals surface area contributed by atoms with Crippen molar-refractivity contribution < 1.29 is 14.3 Å². The smallest absolute Gasteiger partial charge is 0.338 e. The summed E-state index contributed by atoms with van der Waals surface area (Å²) in [5.41, 5.74) is 6.02. The number of esters is 1. The molecular weight excluding hydrogens is 438 g/mol. The number of carbonyl (C=O) groups is 2. The summed E-state index contributed by atoms with van der Waals surface area (Å²) in [7, 11) is 0. The predicted octanol–water partition coefficient (Wildman–Crippen LogP) is 5.64. The predicted molar refractivity (Wildman–Crippen MR) is 141 cm³/mol. The highest BCUT2D eigenvalue weighted by atomic mass is 16.5. The van der Waals surface area contributed by atoms with Gasteiger partial charge in [-0.2, -0.15) is 0 Å². The number of hydrogen-bond acceptors (Lipinski definition) is 5. The summed E-state index contributed by atoms with van der Waals surface area (Å²) >= 11 is 0. The highest BCUT2D eigenvalue weighted by molar-refractivity contribution is 6.37. The van der Waals surface area contributed by atoms with E-state index < -0.39 is 5.97 Å². The molecule has 0 spiro atoms. The first kappa shape index (κ1) is 24.2. The van der Waals surface area contributed by atoms with Crippen molar-refractivity contribution in [1.82, 2.24) is 4.90 Å². The summed E-state index contributed by atoms with van der Waals surface area (Å²) in [6.07, 6.45) is 0. The minimum Gasteiger partial charge on any atom is -0.462 e. The van der Waals surface area contributed by atoms with Gasteiger partial charge in [0.1, 0.15) is 0 Å². The molecule has 3 aromatic rings. The van der Waals surface area contributed by atoms with Crippen LogP contribution >= 0.6 is 0 Å². The number of nitrogens with one attached hydrogen (secondary N) is 2. The second-order valence-electron chi connectivity index (χ2n) is 8.33. The molecule has 1 amide bonds. The lowest BCUT2D eigenvalue weighted by molar-refractivity contribution is -0.110. The van der Waals surface area contributed by atoms with Crippen molar-refractivity contribution >= 4 is 34.5 Å². The summed E-state index contributed by atoms with van der Waals surface area (Å²) in [6.45, 7) is 9.31. The Morgan fingerprint density at radius 3 is 2.29 bits per heavy atom. The Morgan fingerprint density at radius 1 is 0.914 bits per heavy atom. The van der Waals surface area contributed by atoms with Gasteiger partial charge in [0.25, 0.3) is 5.91 Å². The Hall–Kier alpha value is -3.90. The number of amides is 1. The largest absolute Gasteiger partial charge is 0.462 e. The molecule has 35 heavy (non-hydrogen) atoms. The number of anilines is 2. The molecule has 1 aliphatic rings. The fourth-order valence-electron chi connectivity index (χ4n) is 4.19. The molecule has 6 nitrogen and oxygen atoms in total. The molecule has 3 aromatic carbocycles. The van der Waals surface area contributed by atoms with Gasteiger partial charge >= 0.3 is 5.97 Å². The Labute approximate surface area is 206 Å². The van der Waals surface area contributed by atoms with Gasteiger partial charge in [-0.1, -0.05) is 62.4 Å². The minimum absolute atomic E-state index is 0.217. The van der Waals surface area contributed by atoms with E-state index in [2.05, 4.69) is 41.5 Å². The van der Waals surface area contributed by atoms with Crippen LogP contribution in [0.3, 0.4) is 0 Å². The average Bonchev–Trinajstić information content (AvgIpc) is 3.22. The molecule has 0 fully saturated rings. The van der Waals surface area contributed by atoms with Gasteiger partial charge in [-0.15, -0.1) is 0 Å². The van der Waals surface area contributed by atoms with Crippen LogP contribution in [0.5, 0.6) is 0 Å². The lowest BCUT2D eigenvalue weighted by Crippen LogP contribution is -2.22. The van der Waals surface area contributed by atoms with Crippen LogP contribution in [0, 0.1) is 0 Å². The molecule has 0 unspecified atom stereocenters. The lowest BCUT2D eigenvalue weighted by atomic mass is 9.99. The Balaban J connectivity index is 1.71. The number of carbonyl (C=O) groups excluding carboxylic acids is 2. The molecule has 0 radical (unpaired) electrons. The van der Waals surface area contributed by atoms with Crippen LogP contribution in [0.25, 0.3) is 11.3 Å². The summed E-state index contributed by atoms with van der Waals surface area (Å²) in [4.78, 5) is 27.7. The van der Waals surface area contributed by atoms with Gasteiger partial charge in [0, 0.05) is 17.8 Å². The van der Waals surface area contributed by atoms with Crippen molar-refractivity contribution in [2.45, 2.75) is 27.3 Å². The van der Waals surface area contributed by atoms with E-state index in [0.29, 0.717) is 29.1 Å². The monoisotopic (exact) mass is 469 g/mol. The van der Waals surface area contributed by atoms with Crippen LogP contribution < -0.4 is 10.6 Å². The molecule has 6 heteroatoms. The summed E-state index contributed by atoms with van der Waals surface area (Å²) < 4.78 is 5.11. The normalized spacial score (nSPS) is 13.9. The van der Waals surface area contributed by atoms with Gasteiger partial charge in [-0.05, 0) is 55.4 Å². The third-order valence-electron chi connectivity index (χ3n) is 6.11. The number of ether oxygens (including phenoxy) is 1. The Morgan fingerprint density at radius 2 is 1.63 bits per heavy atom. The van der Waals surface area contributed by atoms with Gasteiger partial charge in [0.15, 0.2) is 0 Å². The molecular formula is C29H31N3O3. The van der Waals surface area contributed by atoms with Crippen LogP contribution in [0.2, 0.25) is 0 Å². The molecule has 1 aliphatic heterocycles. The second kappa shape index (κ2) is 11.0. The zero-order valence-electron chi connectivity index (χ0n) is 20.4. The molecule has 2 N–H and O–H groups in total. The van der Waals surface area contributed by atoms with E-state index in [1.165, 1.54) is 5.56 Å². The standard InChI is InChI=1S/C29H31N3O3/c1-4-32(5-2)19-20-12-15-23(16-13-20)30-27(21-10-8-7-9-11-21)26-24-17-14-22(29(34)35-6-3)18-25(24)31-28(26)33/h7-18,30H,4-6,19H2,1-3H3,(H,31,33)/b27-26-. The third kappa shape index (κ3) is 5.44. The average molecular weight is 470 g/mol. The van der Waals surface area contributed by atoms with Gasteiger partial charge in [-0.25, -0.2) is 4.79 Å². The maximum atomic E-state index is 13.2. The summed E-state index contributed by atoms with van der Waals surface area (Å²) in [5, 5.41) is 6.40. The Bertz CT molecular complexity index is 1230. The summed E-state index contributed by atoms with van der Waals surface area (Å²) in [6, 6.07) is 23.3. The van der Waals surface area contributed by atoms with Gasteiger partial charge < -0.3 is 15.4 Å². The fraction of sp³-hybridized carbons (Fsp3) is 0.241. The van der Waals surface area contributed by atoms with Gasteiger partial charge in [-0.3, -0.25) is 9.69 Å². The fourth-order valence-corrected chi connectivity index (χ4v) is 4.19. The van der Waals surface area contributed by atoms with E-state index in [1.54, 1.807) is 25.1 Å². The van der Waals surface area contributed by atoms with E-state index >= 15 is 0 Å². The molecule has 4 rings (SSSR count). The van der Waals surface area contributed by atoms with Crippen molar-refractivity contribution in [3.8, 4) is 0 Å². The van der Waals surface area contributed by atoms with Gasteiger partial charge in [0.2, 0.25) is 0 Å². The molecule has 0 aliphatic carbocycles. The van der Waals surface area contributed by atoms with Crippen LogP contribution in [0.4, 0.5) is 11.4 Å². The molecule has 0 saturated heterocycles. The number of fused-ring (bicyclic) bond motifs is 1. The molecule has 0 aromatic heterocycles. The minimum atomic E-state index is -0.409. The first-order valence-corrected chi connectivity index (χ1v) is 12.0. The second-order valence-corrected chi connectivity index (χ2v) is 8.33. The van der Waals surface area contributed by atoms with E-state index in [9.17, 15) is 9.59 Å². The van der Waals surface area contributed by atoms with Crippen molar-refractivity contribution in [3.63, 3.8) is 0 Å².